The van der Waals surface area contributed by atoms with Crippen molar-refractivity contribution in [1.29, 1.82) is 0 Å². The second-order valence-electron chi connectivity index (χ2n) is 5.19. The van der Waals surface area contributed by atoms with Gasteiger partial charge < -0.3 is 4.52 Å². The minimum atomic E-state index is -4.54. The van der Waals surface area contributed by atoms with E-state index in [1.807, 2.05) is 0 Å². The zero-order valence-electron chi connectivity index (χ0n) is 12.9. The molecule has 0 N–H and O–H groups in total. The third kappa shape index (κ3) is 3.88. The number of alkyl halides is 3. The van der Waals surface area contributed by atoms with Crippen molar-refractivity contribution in [1.82, 2.24) is 10.1 Å². The second-order valence-corrected chi connectivity index (χ2v) is 5.19. The monoisotopic (exact) mass is 327 g/mol. The molecule has 0 radical (unpaired) electrons. The molecule has 8 heteroatoms. The van der Waals surface area contributed by atoms with E-state index in [4.69, 9.17) is 4.52 Å². The fraction of sp³-hybridized carbons (Fsp3) is 0.400. The Hall–Kier alpha value is -2.38. The molecule has 0 aliphatic rings. The lowest BCUT2D eigenvalue weighted by Gasteiger charge is -2.26. The number of hydrogen-bond donors (Lipinski definition) is 0. The van der Waals surface area contributed by atoms with Gasteiger partial charge in [-0.2, -0.15) is 13.2 Å². The molecule has 0 fully saturated rings. The Labute approximate surface area is 131 Å². The molecular weight excluding hydrogens is 311 g/mol. The van der Waals surface area contributed by atoms with Crippen LogP contribution in [0.3, 0.4) is 0 Å². The van der Waals surface area contributed by atoms with E-state index >= 15 is 0 Å². The molecule has 0 saturated carbocycles. The van der Waals surface area contributed by atoms with Crippen molar-refractivity contribution in [3.05, 3.63) is 41.4 Å². The highest BCUT2D eigenvalue weighted by atomic mass is 19.4. The Balaban J connectivity index is 2.37. The lowest BCUT2D eigenvalue weighted by molar-refractivity contribution is -0.133. The topological polar surface area (TPSA) is 59.2 Å². The molecule has 2 rings (SSSR count). The van der Waals surface area contributed by atoms with E-state index in [-0.39, 0.29) is 5.82 Å². The molecule has 0 unspecified atom stereocenters. The van der Waals surface area contributed by atoms with Gasteiger partial charge >= 0.3 is 6.18 Å². The van der Waals surface area contributed by atoms with Crippen LogP contribution >= 0.6 is 0 Å². The summed E-state index contributed by atoms with van der Waals surface area (Å²) in [7, 11) is 0. The van der Waals surface area contributed by atoms with E-state index in [2.05, 4.69) is 10.1 Å². The SMILES string of the molecule is Cc1noc(C)c1[C@H](C)C(=O)N(CC(F)(F)F)c1ccccn1. The number of aromatic nitrogens is 2. The van der Waals surface area contributed by atoms with Crippen molar-refractivity contribution < 1.29 is 22.5 Å². The van der Waals surface area contributed by atoms with Gasteiger partial charge in [0.2, 0.25) is 5.91 Å². The molecule has 2 aromatic heterocycles. The Kier molecular flexibility index (Phi) is 4.72. The number of amides is 1. The molecule has 124 valence electrons. The first-order chi connectivity index (χ1) is 10.7. The first kappa shape index (κ1) is 17.0. The van der Waals surface area contributed by atoms with Gasteiger partial charge in [0, 0.05) is 11.8 Å². The van der Waals surface area contributed by atoms with Gasteiger partial charge in [-0.1, -0.05) is 11.2 Å². The molecule has 0 bridgehead atoms. The maximum Gasteiger partial charge on any atom is 0.406 e. The van der Waals surface area contributed by atoms with Crippen LogP contribution < -0.4 is 4.90 Å². The first-order valence-electron chi connectivity index (χ1n) is 6.92. The fourth-order valence-electron chi connectivity index (χ4n) is 2.43. The zero-order chi connectivity index (χ0) is 17.2. The van der Waals surface area contributed by atoms with Crippen molar-refractivity contribution >= 4 is 11.7 Å². The number of halogens is 3. The van der Waals surface area contributed by atoms with Crippen LogP contribution in [-0.4, -0.2) is 28.8 Å². The van der Waals surface area contributed by atoms with Gasteiger partial charge in [-0.3, -0.25) is 9.69 Å². The molecule has 0 spiro atoms. The van der Waals surface area contributed by atoms with Crippen LogP contribution in [0.25, 0.3) is 0 Å². The summed E-state index contributed by atoms with van der Waals surface area (Å²) in [6.07, 6.45) is -3.20. The first-order valence-corrected chi connectivity index (χ1v) is 6.92. The third-order valence-corrected chi connectivity index (χ3v) is 3.42. The van der Waals surface area contributed by atoms with Crippen LogP contribution in [0.5, 0.6) is 0 Å². The average molecular weight is 327 g/mol. The van der Waals surface area contributed by atoms with E-state index < -0.39 is 24.5 Å². The minimum absolute atomic E-state index is 0.0477. The summed E-state index contributed by atoms with van der Waals surface area (Å²) in [6.45, 7) is 3.39. The fourth-order valence-corrected chi connectivity index (χ4v) is 2.43. The van der Waals surface area contributed by atoms with Gasteiger partial charge in [0.25, 0.3) is 0 Å². The van der Waals surface area contributed by atoms with Crippen LogP contribution in [0.1, 0.15) is 29.9 Å². The largest absolute Gasteiger partial charge is 0.406 e. The Morgan fingerprint density at radius 2 is 2.04 bits per heavy atom. The summed E-state index contributed by atoms with van der Waals surface area (Å²) in [5, 5.41) is 3.74. The summed E-state index contributed by atoms with van der Waals surface area (Å²) >= 11 is 0. The summed E-state index contributed by atoms with van der Waals surface area (Å²) in [6, 6.07) is 4.46. The molecule has 1 atom stereocenters. The van der Waals surface area contributed by atoms with Gasteiger partial charge in [-0.05, 0) is 32.9 Å². The number of nitrogens with zero attached hydrogens (tertiary/aromatic N) is 3. The lowest BCUT2D eigenvalue weighted by Crippen LogP contribution is -2.41. The lowest BCUT2D eigenvalue weighted by atomic mass is 9.98. The number of aryl methyl sites for hydroxylation is 2. The molecule has 0 aromatic carbocycles. The number of anilines is 1. The number of carbonyl (C=O) groups excluding carboxylic acids is 1. The number of hydrogen-bond acceptors (Lipinski definition) is 4. The molecule has 0 aliphatic carbocycles. The van der Waals surface area contributed by atoms with Crippen molar-refractivity contribution in [3.63, 3.8) is 0 Å². The molecule has 0 aliphatic heterocycles. The van der Waals surface area contributed by atoms with Crippen LogP contribution in [0.15, 0.2) is 28.9 Å². The van der Waals surface area contributed by atoms with Crippen molar-refractivity contribution in [2.75, 3.05) is 11.4 Å². The average Bonchev–Trinajstić information content (AvgIpc) is 2.82. The van der Waals surface area contributed by atoms with Gasteiger partial charge in [0.15, 0.2) is 0 Å². The van der Waals surface area contributed by atoms with Crippen molar-refractivity contribution in [3.8, 4) is 0 Å². The molecular formula is C15H16F3N3O2. The maximum atomic E-state index is 12.9. The van der Waals surface area contributed by atoms with Crippen molar-refractivity contribution in [2.24, 2.45) is 0 Å². The van der Waals surface area contributed by atoms with E-state index in [0.29, 0.717) is 21.9 Å². The molecule has 23 heavy (non-hydrogen) atoms. The maximum absolute atomic E-state index is 12.9. The summed E-state index contributed by atoms with van der Waals surface area (Å²) < 4.78 is 43.6. The predicted molar refractivity (Wildman–Crippen MR) is 77.0 cm³/mol. The molecule has 2 heterocycles. The summed E-state index contributed by atoms with van der Waals surface area (Å²) in [5.74, 6) is -1.18. The Morgan fingerprint density at radius 3 is 2.52 bits per heavy atom. The van der Waals surface area contributed by atoms with E-state index in [0.717, 1.165) is 0 Å². The van der Waals surface area contributed by atoms with E-state index in [1.54, 1.807) is 19.9 Å². The number of carbonyl (C=O) groups is 1. The van der Waals surface area contributed by atoms with Crippen LogP contribution in [0.4, 0.5) is 19.0 Å². The molecule has 0 saturated heterocycles. The van der Waals surface area contributed by atoms with Crippen molar-refractivity contribution in [2.45, 2.75) is 32.9 Å². The second kappa shape index (κ2) is 6.39. The Bertz CT molecular complexity index is 664. The normalized spacial score (nSPS) is 13.0. The van der Waals surface area contributed by atoms with E-state index in [9.17, 15) is 18.0 Å². The number of pyridine rings is 1. The van der Waals surface area contributed by atoms with Crippen LogP contribution in [-0.2, 0) is 4.79 Å². The summed E-state index contributed by atoms with van der Waals surface area (Å²) in [4.78, 5) is 17.1. The molecule has 1 amide bonds. The predicted octanol–water partition coefficient (Wildman–Crippen LogP) is 3.39. The highest BCUT2D eigenvalue weighted by Gasteiger charge is 2.37. The van der Waals surface area contributed by atoms with Gasteiger partial charge in [0.1, 0.15) is 18.1 Å². The van der Waals surface area contributed by atoms with Crippen LogP contribution in [0.2, 0.25) is 0 Å². The highest BCUT2D eigenvalue weighted by Crippen LogP contribution is 2.28. The van der Waals surface area contributed by atoms with Gasteiger partial charge in [0.05, 0.1) is 11.6 Å². The zero-order valence-corrected chi connectivity index (χ0v) is 12.9. The quantitative estimate of drug-likeness (QED) is 0.864. The smallest absolute Gasteiger partial charge is 0.361 e. The van der Waals surface area contributed by atoms with E-state index in [1.165, 1.54) is 25.3 Å². The Morgan fingerprint density at radius 1 is 1.35 bits per heavy atom. The molecule has 5 nitrogen and oxygen atoms in total. The third-order valence-electron chi connectivity index (χ3n) is 3.42. The van der Waals surface area contributed by atoms with Gasteiger partial charge in [-0.25, -0.2) is 4.98 Å². The standard InChI is InChI=1S/C15H16F3N3O2/c1-9(13-10(2)20-23-11(13)3)14(22)21(8-15(16,17)18)12-6-4-5-7-19-12/h4-7,9H,8H2,1-3H3/t9-/m0/s1. The van der Waals surface area contributed by atoms with Crippen LogP contribution in [0, 0.1) is 13.8 Å². The molecule has 2 aromatic rings. The minimum Gasteiger partial charge on any atom is -0.361 e. The number of rotatable bonds is 4. The summed E-state index contributed by atoms with van der Waals surface area (Å²) in [5.41, 5.74) is 0.981. The highest BCUT2D eigenvalue weighted by molar-refractivity contribution is 5.97. The van der Waals surface area contributed by atoms with Gasteiger partial charge in [-0.15, -0.1) is 0 Å².